The van der Waals surface area contributed by atoms with Crippen LogP contribution in [0.25, 0.3) is 11.7 Å². The summed E-state index contributed by atoms with van der Waals surface area (Å²) in [7, 11) is 0. The van der Waals surface area contributed by atoms with Gasteiger partial charge in [-0.15, -0.1) is 0 Å². The standard InChI is InChI=1S/C17H18N4O4/c18-11-12-17(25-15(19-12)13-3-1-9-23-13)21-7-5-20(6-8-21)16(22)14-4-2-10-24-14/h1,3,9,14H,2,4-8,10H2/t14-/m0/s1. The highest BCUT2D eigenvalue weighted by Gasteiger charge is 2.32. The molecule has 2 saturated heterocycles. The van der Waals surface area contributed by atoms with E-state index < -0.39 is 0 Å². The lowest BCUT2D eigenvalue weighted by Crippen LogP contribution is -2.51. The van der Waals surface area contributed by atoms with Gasteiger partial charge in [0.1, 0.15) is 12.2 Å². The smallest absolute Gasteiger partial charge is 0.266 e. The average Bonchev–Trinajstić information content (AvgIpc) is 3.42. The highest BCUT2D eigenvalue weighted by molar-refractivity contribution is 5.81. The molecule has 4 rings (SSSR count). The number of anilines is 1. The van der Waals surface area contributed by atoms with Gasteiger partial charge in [-0.2, -0.15) is 10.2 Å². The molecule has 0 bridgehead atoms. The maximum absolute atomic E-state index is 12.4. The minimum absolute atomic E-state index is 0.0616. The summed E-state index contributed by atoms with van der Waals surface area (Å²) in [6.07, 6.45) is 2.97. The number of hydrogen-bond acceptors (Lipinski definition) is 7. The number of oxazole rings is 1. The van der Waals surface area contributed by atoms with Gasteiger partial charge in [-0.25, -0.2) is 0 Å². The van der Waals surface area contributed by atoms with E-state index in [-0.39, 0.29) is 23.6 Å². The molecule has 2 aromatic heterocycles. The zero-order chi connectivity index (χ0) is 17.2. The summed E-state index contributed by atoms with van der Waals surface area (Å²) in [5.74, 6) is 1.26. The normalized spacial score (nSPS) is 20.7. The molecule has 0 N–H and O–H groups in total. The quantitative estimate of drug-likeness (QED) is 0.836. The highest BCUT2D eigenvalue weighted by Crippen LogP contribution is 2.29. The summed E-state index contributed by atoms with van der Waals surface area (Å²) in [5, 5.41) is 9.33. The second-order valence-electron chi connectivity index (χ2n) is 6.08. The predicted molar refractivity (Wildman–Crippen MR) is 86.7 cm³/mol. The summed E-state index contributed by atoms with van der Waals surface area (Å²) in [4.78, 5) is 20.4. The Hall–Kier alpha value is -2.79. The number of furan rings is 1. The molecule has 8 nitrogen and oxygen atoms in total. The van der Waals surface area contributed by atoms with Crippen LogP contribution in [0.3, 0.4) is 0 Å². The third kappa shape index (κ3) is 2.98. The largest absolute Gasteiger partial charge is 0.459 e. The van der Waals surface area contributed by atoms with Crippen molar-refractivity contribution in [3.8, 4) is 17.7 Å². The maximum Gasteiger partial charge on any atom is 0.266 e. The Morgan fingerprint density at radius 3 is 2.80 bits per heavy atom. The van der Waals surface area contributed by atoms with E-state index in [2.05, 4.69) is 11.1 Å². The molecule has 2 aromatic rings. The monoisotopic (exact) mass is 342 g/mol. The third-order valence-electron chi connectivity index (χ3n) is 4.53. The number of nitriles is 1. The number of hydrogen-bond donors (Lipinski definition) is 0. The lowest BCUT2D eigenvalue weighted by Gasteiger charge is -2.35. The van der Waals surface area contributed by atoms with Crippen LogP contribution < -0.4 is 4.90 Å². The van der Waals surface area contributed by atoms with Gasteiger partial charge >= 0.3 is 0 Å². The summed E-state index contributed by atoms with van der Waals surface area (Å²) in [5.41, 5.74) is 0.227. The number of rotatable bonds is 3. The number of carbonyl (C=O) groups is 1. The van der Waals surface area contributed by atoms with Gasteiger partial charge in [0.25, 0.3) is 11.8 Å². The van der Waals surface area contributed by atoms with E-state index in [0.717, 1.165) is 12.8 Å². The number of carbonyl (C=O) groups excluding carboxylic acids is 1. The molecule has 0 aromatic carbocycles. The molecule has 0 spiro atoms. The molecule has 2 aliphatic heterocycles. The Balaban J connectivity index is 1.45. The van der Waals surface area contributed by atoms with Crippen LogP contribution in [0.1, 0.15) is 18.5 Å². The molecule has 2 aliphatic rings. The Bertz CT molecular complexity index is 778. The zero-order valence-electron chi connectivity index (χ0n) is 13.7. The first kappa shape index (κ1) is 15.7. The van der Waals surface area contributed by atoms with Crippen LogP contribution >= 0.6 is 0 Å². The van der Waals surface area contributed by atoms with Crippen molar-refractivity contribution in [1.29, 1.82) is 5.26 Å². The van der Waals surface area contributed by atoms with Crippen molar-refractivity contribution < 1.29 is 18.4 Å². The zero-order valence-corrected chi connectivity index (χ0v) is 13.7. The second-order valence-corrected chi connectivity index (χ2v) is 6.08. The number of nitrogens with zero attached hydrogens (tertiary/aromatic N) is 4. The van der Waals surface area contributed by atoms with Crippen molar-refractivity contribution in [1.82, 2.24) is 9.88 Å². The first-order valence-corrected chi connectivity index (χ1v) is 8.36. The van der Waals surface area contributed by atoms with E-state index in [1.807, 2.05) is 9.80 Å². The summed E-state index contributed by atoms with van der Waals surface area (Å²) >= 11 is 0. The lowest BCUT2D eigenvalue weighted by atomic mass is 10.2. The predicted octanol–water partition coefficient (Wildman–Crippen LogP) is 1.63. The molecule has 0 unspecified atom stereocenters. The van der Waals surface area contributed by atoms with E-state index in [1.54, 1.807) is 12.1 Å². The Morgan fingerprint density at radius 2 is 2.16 bits per heavy atom. The molecule has 1 atom stereocenters. The molecule has 25 heavy (non-hydrogen) atoms. The third-order valence-corrected chi connectivity index (χ3v) is 4.53. The number of ether oxygens (including phenoxy) is 1. The fourth-order valence-electron chi connectivity index (χ4n) is 3.21. The molecule has 2 fully saturated rings. The van der Waals surface area contributed by atoms with Crippen molar-refractivity contribution in [2.24, 2.45) is 0 Å². The van der Waals surface area contributed by atoms with E-state index in [4.69, 9.17) is 13.6 Å². The SMILES string of the molecule is N#Cc1nc(-c2ccco2)oc1N1CCN(C(=O)[C@@H]2CCCO2)CC1. The molecule has 4 heterocycles. The van der Waals surface area contributed by atoms with E-state index >= 15 is 0 Å². The van der Waals surface area contributed by atoms with Crippen molar-refractivity contribution in [3.05, 3.63) is 24.1 Å². The topological polar surface area (TPSA) is 95.7 Å². The fraction of sp³-hybridized carbons (Fsp3) is 0.471. The molecule has 130 valence electrons. The minimum atomic E-state index is -0.294. The fourth-order valence-corrected chi connectivity index (χ4v) is 3.21. The lowest BCUT2D eigenvalue weighted by molar-refractivity contribution is -0.141. The molecule has 0 radical (unpaired) electrons. The van der Waals surface area contributed by atoms with Gasteiger partial charge in [0.05, 0.1) is 6.26 Å². The van der Waals surface area contributed by atoms with Crippen molar-refractivity contribution in [3.63, 3.8) is 0 Å². The first-order valence-electron chi connectivity index (χ1n) is 8.36. The van der Waals surface area contributed by atoms with Crippen LogP contribution in [0.2, 0.25) is 0 Å². The average molecular weight is 342 g/mol. The molecular formula is C17H18N4O4. The molecule has 0 saturated carbocycles. The molecule has 0 aliphatic carbocycles. The van der Waals surface area contributed by atoms with Crippen molar-refractivity contribution in [2.75, 3.05) is 37.7 Å². The maximum atomic E-state index is 12.4. The van der Waals surface area contributed by atoms with Gasteiger partial charge in [0.15, 0.2) is 5.76 Å². The molecule has 1 amide bonds. The Labute approximate surface area is 144 Å². The highest BCUT2D eigenvalue weighted by atomic mass is 16.5. The van der Waals surface area contributed by atoms with Crippen LogP contribution in [0.15, 0.2) is 27.2 Å². The Kier molecular flexibility index (Phi) is 4.15. The number of amides is 1. The minimum Gasteiger partial charge on any atom is -0.459 e. The van der Waals surface area contributed by atoms with Crippen LogP contribution in [-0.2, 0) is 9.53 Å². The first-order chi connectivity index (χ1) is 12.3. The van der Waals surface area contributed by atoms with E-state index in [1.165, 1.54) is 6.26 Å². The van der Waals surface area contributed by atoms with E-state index in [0.29, 0.717) is 44.4 Å². The summed E-state index contributed by atoms with van der Waals surface area (Å²) in [6.45, 7) is 2.97. The van der Waals surface area contributed by atoms with Crippen LogP contribution in [0.4, 0.5) is 5.88 Å². The van der Waals surface area contributed by atoms with E-state index in [9.17, 15) is 10.1 Å². The Morgan fingerprint density at radius 1 is 1.32 bits per heavy atom. The van der Waals surface area contributed by atoms with Gasteiger partial charge in [0.2, 0.25) is 11.6 Å². The summed E-state index contributed by atoms with van der Waals surface area (Å²) < 4.78 is 16.5. The number of piperazine rings is 1. The van der Waals surface area contributed by atoms with Gasteiger partial charge < -0.3 is 23.4 Å². The van der Waals surface area contributed by atoms with Crippen molar-refractivity contribution in [2.45, 2.75) is 18.9 Å². The van der Waals surface area contributed by atoms with Gasteiger partial charge in [-0.1, -0.05) is 0 Å². The molecule has 8 heteroatoms. The van der Waals surface area contributed by atoms with Crippen molar-refractivity contribution >= 4 is 11.8 Å². The van der Waals surface area contributed by atoms with Crippen LogP contribution in [0.5, 0.6) is 0 Å². The van der Waals surface area contributed by atoms with Crippen LogP contribution in [-0.4, -0.2) is 54.7 Å². The van der Waals surface area contributed by atoms with Gasteiger partial charge in [-0.3, -0.25) is 4.79 Å². The van der Waals surface area contributed by atoms with Gasteiger partial charge in [0, 0.05) is 32.8 Å². The van der Waals surface area contributed by atoms with Crippen LogP contribution in [0, 0.1) is 11.3 Å². The van der Waals surface area contributed by atoms with Gasteiger partial charge in [-0.05, 0) is 25.0 Å². The second kappa shape index (κ2) is 6.61. The molecular weight excluding hydrogens is 324 g/mol. The summed E-state index contributed by atoms with van der Waals surface area (Å²) in [6, 6.07) is 5.53. The number of aromatic nitrogens is 1.